The summed E-state index contributed by atoms with van der Waals surface area (Å²) in [6, 6.07) is 9.39. The van der Waals surface area contributed by atoms with Gasteiger partial charge in [-0.25, -0.2) is 0 Å². The largest absolute Gasteiger partial charge is 0.454 e. The van der Waals surface area contributed by atoms with Gasteiger partial charge in [0.1, 0.15) is 5.04 Å². The Kier molecular flexibility index (Phi) is 3.83. The number of rotatable bonds is 3. The molecule has 0 saturated carbocycles. The van der Waals surface area contributed by atoms with Crippen molar-refractivity contribution in [2.45, 2.75) is 6.42 Å². The van der Waals surface area contributed by atoms with Gasteiger partial charge < -0.3 is 9.47 Å². The molecule has 0 atom stereocenters. The van der Waals surface area contributed by atoms with Gasteiger partial charge in [0.2, 0.25) is 12.0 Å². The number of thioether (sulfide) groups is 1. The topological polar surface area (TPSA) is 87.3 Å². The fourth-order valence-electron chi connectivity index (χ4n) is 2.83. The molecule has 0 radical (unpaired) electrons. The molecule has 4 heterocycles. The molecule has 1 aromatic carbocycles. The molecule has 0 bridgehead atoms. The number of nitrogens with zero attached hydrogens (tertiary/aromatic N) is 3. The number of hydrogen-bond acceptors (Lipinski definition) is 7. The van der Waals surface area contributed by atoms with Crippen LogP contribution in [0.1, 0.15) is 10.4 Å². The van der Waals surface area contributed by atoms with E-state index >= 15 is 0 Å². The average molecular weight is 396 g/mol. The number of aliphatic imine (C=N–C) groups is 1. The van der Waals surface area contributed by atoms with Gasteiger partial charge >= 0.3 is 0 Å². The zero-order chi connectivity index (χ0) is 18.4. The molecule has 1 amide bonds. The van der Waals surface area contributed by atoms with Crippen molar-refractivity contribution in [3.05, 3.63) is 51.7 Å². The Balaban J connectivity index is 1.44. The summed E-state index contributed by atoms with van der Waals surface area (Å²) in [5.41, 5.74) is 0.931. The first-order valence-electron chi connectivity index (χ1n) is 8.08. The highest BCUT2D eigenvalue weighted by atomic mass is 32.2. The van der Waals surface area contributed by atoms with Crippen molar-refractivity contribution >= 4 is 51.1 Å². The molecule has 134 valence electrons. The lowest BCUT2D eigenvalue weighted by atomic mass is 10.1. The summed E-state index contributed by atoms with van der Waals surface area (Å²) >= 11 is 2.98. The molecule has 0 unspecified atom stereocenters. The maximum absolute atomic E-state index is 12.5. The van der Waals surface area contributed by atoms with Crippen LogP contribution in [0.4, 0.5) is 0 Å². The maximum atomic E-state index is 12.5. The van der Waals surface area contributed by atoms with Gasteiger partial charge in [-0.05, 0) is 47.0 Å². The molecule has 1 aromatic heterocycles. The van der Waals surface area contributed by atoms with E-state index in [1.807, 2.05) is 23.6 Å². The number of thiophene rings is 1. The quantitative estimate of drug-likeness (QED) is 0.804. The number of benzene rings is 1. The Morgan fingerprint density at radius 1 is 1.26 bits per heavy atom. The van der Waals surface area contributed by atoms with E-state index in [4.69, 9.17) is 14.9 Å². The average Bonchev–Trinajstić information content (AvgIpc) is 3.39. The molecule has 3 aliphatic rings. The fourth-order valence-corrected chi connectivity index (χ4v) is 4.54. The number of hydrazone groups is 1. The molecule has 1 N–H and O–H groups in total. The van der Waals surface area contributed by atoms with Crippen LogP contribution >= 0.6 is 23.1 Å². The van der Waals surface area contributed by atoms with Gasteiger partial charge in [0.25, 0.3) is 5.91 Å². The second-order valence-electron chi connectivity index (χ2n) is 5.88. The van der Waals surface area contributed by atoms with Crippen LogP contribution in [-0.4, -0.2) is 33.8 Å². The van der Waals surface area contributed by atoms with Crippen molar-refractivity contribution < 1.29 is 14.3 Å². The lowest BCUT2D eigenvalue weighted by Gasteiger charge is -2.20. The van der Waals surface area contributed by atoms with Crippen LogP contribution in [0.25, 0.3) is 6.08 Å². The van der Waals surface area contributed by atoms with Crippen LogP contribution < -0.4 is 9.47 Å². The second-order valence-corrected chi connectivity index (χ2v) is 7.96. The van der Waals surface area contributed by atoms with Crippen molar-refractivity contribution in [2.75, 3.05) is 6.79 Å². The number of carbonyl (C=O) groups is 1. The summed E-state index contributed by atoms with van der Waals surface area (Å²) in [5, 5.41) is 17.6. The van der Waals surface area contributed by atoms with E-state index < -0.39 is 5.91 Å². The summed E-state index contributed by atoms with van der Waals surface area (Å²) in [7, 11) is 0. The highest BCUT2D eigenvalue weighted by Crippen LogP contribution is 2.34. The van der Waals surface area contributed by atoms with E-state index in [9.17, 15) is 4.79 Å². The number of ether oxygens (including phenoxy) is 2. The lowest BCUT2D eigenvalue weighted by molar-refractivity contribution is -0.114. The molecule has 0 spiro atoms. The minimum absolute atomic E-state index is 0.0244. The third-order valence-corrected chi connectivity index (χ3v) is 5.89. The first kappa shape index (κ1) is 16.3. The fraction of sp³-hybridized carbons (Fsp3) is 0.111. The molecule has 5 rings (SSSR count). The number of fused-ring (bicyclic) bond motifs is 2. The molecule has 0 fully saturated rings. The van der Waals surface area contributed by atoms with Crippen LogP contribution in [0.15, 0.2) is 51.4 Å². The monoisotopic (exact) mass is 396 g/mol. The van der Waals surface area contributed by atoms with Gasteiger partial charge in [-0.3, -0.25) is 10.2 Å². The standard InChI is InChI=1S/C18H12N4O3S2/c19-16-12(6-10-3-4-13-14(7-10)25-9-24-13)17(23)20-18-22(16)21-15(27-18)8-11-2-1-5-26-11/h1-7,19H,8-9H2/b12-6+,19-16?. The van der Waals surface area contributed by atoms with Gasteiger partial charge in [0.15, 0.2) is 17.3 Å². The van der Waals surface area contributed by atoms with E-state index in [1.54, 1.807) is 29.5 Å². The molecule has 27 heavy (non-hydrogen) atoms. The number of carbonyl (C=O) groups excluding carboxylic acids is 1. The van der Waals surface area contributed by atoms with Crippen molar-refractivity contribution in [1.29, 1.82) is 5.41 Å². The Morgan fingerprint density at radius 3 is 3.00 bits per heavy atom. The smallest absolute Gasteiger partial charge is 0.283 e. The van der Waals surface area contributed by atoms with Gasteiger partial charge in [-0.2, -0.15) is 15.1 Å². The SMILES string of the molecule is N=C1/C(=C\c2ccc3c(c2)OCO3)C(=O)N=C2SC(Cc3cccs3)=NN12. The summed E-state index contributed by atoms with van der Waals surface area (Å²) in [6.45, 7) is 0.185. The minimum atomic E-state index is -0.441. The third-order valence-electron chi connectivity index (χ3n) is 4.11. The minimum Gasteiger partial charge on any atom is -0.454 e. The Hall–Kier alpha value is -2.91. The van der Waals surface area contributed by atoms with E-state index in [-0.39, 0.29) is 18.2 Å². The van der Waals surface area contributed by atoms with Crippen LogP contribution in [0.3, 0.4) is 0 Å². The van der Waals surface area contributed by atoms with Crippen LogP contribution in [-0.2, 0) is 11.2 Å². The van der Waals surface area contributed by atoms with Gasteiger partial charge in [-0.15, -0.1) is 11.3 Å². The lowest BCUT2D eigenvalue weighted by Crippen LogP contribution is -2.35. The molecule has 3 aliphatic heterocycles. The summed E-state index contributed by atoms with van der Waals surface area (Å²) in [4.78, 5) is 17.8. The summed E-state index contributed by atoms with van der Waals surface area (Å²) < 4.78 is 10.7. The number of amides is 1. The molecule has 0 aliphatic carbocycles. The summed E-state index contributed by atoms with van der Waals surface area (Å²) in [5.74, 6) is 0.873. The maximum Gasteiger partial charge on any atom is 0.283 e. The van der Waals surface area contributed by atoms with E-state index in [0.717, 1.165) is 10.6 Å². The predicted molar refractivity (Wildman–Crippen MR) is 106 cm³/mol. The number of amidine groups is 2. The highest BCUT2D eigenvalue weighted by Gasteiger charge is 2.35. The first-order chi connectivity index (χ1) is 13.2. The number of hydrogen-bond donors (Lipinski definition) is 1. The number of nitrogens with one attached hydrogen (secondary N) is 1. The van der Waals surface area contributed by atoms with Crippen LogP contribution in [0.5, 0.6) is 11.5 Å². The Morgan fingerprint density at radius 2 is 2.15 bits per heavy atom. The third kappa shape index (κ3) is 2.94. The first-order valence-corrected chi connectivity index (χ1v) is 9.78. The van der Waals surface area contributed by atoms with Crippen molar-refractivity contribution in [1.82, 2.24) is 5.01 Å². The Bertz CT molecular complexity index is 1060. The van der Waals surface area contributed by atoms with Gasteiger partial charge in [-0.1, -0.05) is 12.1 Å². The molecule has 7 nitrogen and oxygen atoms in total. The molecule has 0 saturated heterocycles. The van der Waals surface area contributed by atoms with Crippen molar-refractivity contribution in [3.63, 3.8) is 0 Å². The predicted octanol–water partition coefficient (Wildman–Crippen LogP) is 3.34. The van der Waals surface area contributed by atoms with Crippen molar-refractivity contribution in [2.24, 2.45) is 10.1 Å². The highest BCUT2D eigenvalue weighted by molar-refractivity contribution is 8.27. The second kappa shape index (κ2) is 6.36. The van der Waals surface area contributed by atoms with Gasteiger partial charge in [0, 0.05) is 11.3 Å². The zero-order valence-electron chi connectivity index (χ0n) is 13.8. The summed E-state index contributed by atoms with van der Waals surface area (Å²) in [6.07, 6.45) is 2.30. The van der Waals surface area contributed by atoms with E-state index in [1.165, 1.54) is 21.6 Å². The van der Waals surface area contributed by atoms with Gasteiger partial charge in [0.05, 0.1) is 5.57 Å². The zero-order valence-corrected chi connectivity index (χ0v) is 15.5. The molecule has 2 aromatic rings. The molecular formula is C18H12N4O3S2. The molecular weight excluding hydrogens is 384 g/mol. The van der Waals surface area contributed by atoms with E-state index in [2.05, 4.69) is 10.1 Å². The van der Waals surface area contributed by atoms with Crippen LogP contribution in [0.2, 0.25) is 0 Å². The van der Waals surface area contributed by atoms with Crippen molar-refractivity contribution in [3.8, 4) is 11.5 Å². The van der Waals surface area contributed by atoms with E-state index in [0.29, 0.717) is 23.1 Å². The Labute approximate surface area is 162 Å². The normalized spacial score (nSPS) is 19.4. The van der Waals surface area contributed by atoms with Crippen LogP contribution in [0, 0.1) is 5.41 Å². The molecule has 9 heteroatoms.